The summed E-state index contributed by atoms with van der Waals surface area (Å²) < 4.78 is 5.42. The minimum Gasteiger partial charge on any atom is -0.495 e. The van der Waals surface area contributed by atoms with Crippen molar-refractivity contribution in [1.29, 1.82) is 0 Å². The van der Waals surface area contributed by atoms with Gasteiger partial charge in [0.1, 0.15) is 11.4 Å². The fourth-order valence-corrected chi connectivity index (χ4v) is 4.39. The monoisotopic (exact) mass is 438 g/mol. The third-order valence-electron chi connectivity index (χ3n) is 4.87. The molecule has 1 aromatic heterocycles. The lowest BCUT2D eigenvalue weighted by atomic mass is 10.1. The molecule has 2 aromatic carbocycles. The van der Waals surface area contributed by atoms with Gasteiger partial charge in [-0.2, -0.15) is 0 Å². The Kier molecular flexibility index (Phi) is 5.37. The number of benzene rings is 2. The van der Waals surface area contributed by atoms with Gasteiger partial charge in [0, 0.05) is 15.6 Å². The summed E-state index contributed by atoms with van der Waals surface area (Å²) in [6.45, 7) is 3.79. The van der Waals surface area contributed by atoms with Crippen molar-refractivity contribution in [3.63, 3.8) is 0 Å². The van der Waals surface area contributed by atoms with E-state index in [1.807, 2.05) is 37.4 Å². The number of carbonyl (C=O) groups excluding carboxylic acids is 2. The Morgan fingerprint density at radius 1 is 1.03 bits per heavy atom. The normalized spacial score (nSPS) is 13.9. The van der Waals surface area contributed by atoms with Crippen LogP contribution in [0.1, 0.15) is 16.0 Å². The Morgan fingerprint density at radius 2 is 1.83 bits per heavy atom. The van der Waals surface area contributed by atoms with E-state index in [9.17, 15) is 9.59 Å². The second kappa shape index (κ2) is 7.97. The number of methoxy groups -OCH3 is 1. The largest absolute Gasteiger partial charge is 0.495 e. The molecule has 1 N–H and O–H groups in total. The number of anilines is 2. The fourth-order valence-electron chi connectivity index (χ4n) is 3.39. The molecule has 5 nitrogen and oxygen atoms in total. The molecule has 4 rings (SSSR count). The molecule has 2 heterocycles. The van der Waals surface area contributed by atoms with E-state index in [-0.39, 0.29) is 11.6 Å². The highest BCUT2D eigenvalue weighted by atomic mass is 35.5. The first-order chi connectivity index (χ1) is 14.4. The number of carbonyl (C=O) groups is 2. The van der Waals surface area contributed by atoms with E-state index >= 15 is 0 Å². The molecule has 7 heteroatoms. The molecule has 0 unspecified atom stereocenters. The van der Waals surface area contributed by atoms with Crippen LogP contribution in [-0.4, -0.2) is 18.9 Å². The van der Waals surface area contributed by atoms with Gasteiger partial charge >= 0.3 is 0 Å². The number of hydrogen-bond donors (Lipinski definition) is 1. The summed E-state index contributed by atoms with van der Waals surface area (Å²) in [5, 5.41) is 5.66. The van der Waals surface area contributed by atoms with Crippen LogP contribution < -0.4 is 15.0 Å². The molecular weight excluding hydrogens is 420 g/mol. The molecule has 0 fully saturated rings. The molecular formula is C23H19ClN2O3S. The zero-order valence-electron chi connectivity index (χ0n) is 16.7. The third-order valence-corrected chi connectivity index (χ3v) is 6.00. The van der Waals surface area contributed by atoms with E-state index in [0.29, 0.717) is 27.7 Å². The Hall–Kier alpha value is -3.09. The number of nitrogens with one attached hydrogen (secondary N) is 1. The van der Waals surface area contributed by atoms with Gasteiger partial charge in [0.05, 0.1) is 18.4 Å². The van der Waals surface area contributed by atoms with Crippen LogP contribution in [0.5, 0.6) is 5.75 Å². The SMILES string of the molecule is COc1ccc(C)cc1N1C(=O)C(Nc2ccc(Cl)cc2C)=C(c2cccs2)C1=O. The summed E-state index contributed by atoms with van der Waals surface area (Å²) in [6, 6.07) is 14.4. The summed E-state index contributed by atoms with van der Waals surface area (Å²) in [5.74, 6) is -0.362. The van der Waals surface area contributed by atoms with Crippen molar-refractivity contribution in [2.45, 2.75) is 13.8 Å². The number of aryl methyl sites for hydroxylation is 2. The molecule has 30 heavy (non-hydrogen) atoms. The van der Waals surface area contributed by atoms with Crippen LogP contribution in [-0.2, 0) is 9.59 Å². The van der Waals surface area contributed by atoms with Crippen molar-refractivity contribution in [3.8, 4) is 5.75 Å². The second-order valence-electron chi connectivity index (χ2n) is 6.93. The van der Waals surface area contributed by atoms with Crippen LogP contribution in [0.2, 0.25) is 5.02 Å². The first-order valence-electron chi connectivity index (χ1n) is 9.25. The van der Waals surface area contributed by atoms with Crippen molar-refractivity contribution in [1.82, 2.24) is 0 Å². The van der Waals surface area contributed by atoms with Gasteiger partial charge in [0.2, 0.25) is 0 Å². The first kappa shape index (κ1) is 20.2. The maximum atomic E-state index is 13.5. The summed E-state index contributed by atoms with van der Waals surface area (Å²) in [4.78, 5) is 28.9. The summed E-state index contributed by atoms with van der Waals surface area (Å²) in [7, 11) is 1.52. The molecule has 0 radical (unpaired) electrons. The van der Waals surface area contributed by atoms with Gasteiger partial charge in [0.25, 0.3) is 11.8 Å². The van der Waals surface area contributed by atoms with Gasteiger partial charge < -0.3 is 10.1 Å². The number of imide groups is 1. The Bertz CT molecular complexity index is 1190. The molecule has 0 saturated heterocycles. The Morgan fingerprint density at radius 3 is 2.50 bits per heavy atom. The van der Waals surface area contributed by atoms with E-state index in [1.165, 1.54) is 23.3 Å². The average molecular weight is 439 g/mol. The lowest BCUT2D eigenvalue weighted by molar-refractivity contribution is -0.120. The molecule has 0 saturated carbocycles. The minimum atomic E-state index is -0.429. The number of ether oxygens (including phenoxy) is 1. The smallest absolute Gasteiger partial charge is 0.282 e. The molecule has 152 valence electrons. The van der Waals surface area contributed by atoms with E-state index in [4.69, 9.17) is 16.3 Å². The van der Waals surface area contributed by atoms with Gasteiger partial charge in [-0.3, -0.25) is 9.59 Å². The molecule has 0 aliphatic carbocycles. The molecule has 0 bridgehead atoms. The lowest BCUT2D eigenvalue weighted by Crippen LogP contribution is -2.32. The number of halogens is 1. The number of thiophene rings is 1. The lowest BCUT2D eigenvalue weighted by Gasteiger charge is -2.19. The van der Waals surface area contributed by atoms with E-state index in [2.05, 4.69) is 5.32 Å². The van der Waals surface area contributed by atoms with Crippen molar-refractivity contribution < 1.29 is 14.3 Å². The van der Waals surface area contributed by atoms with Crippen LogP contribution in [0, 0.1) is 13.8 Å². The van der Waals surface area contributed by atoms with Crippen LogP contribution in [0.4, 0.5) is 11.4 Å². The predicted octanol–water partition coefficient (Wildman–Crippen LogP) is 5.42. The maximum Gasteiger partial charge on any atom is 0.282 e. The highest BCUT2D eigenvalue weighted by molar-refractivity contribution is 7.11. The Labute approximate surface area is 183 Å². The van der Waals surface area contributed by atoms with Gasteiger partial charge in [-0.15, -0.1) is 11.3 Å². The summed E-state index contributed by atoms with van der Waals surface area (Å²) in [6.07, 6.45) is 0. The topological polar surface area (TPSA) is 58.6 Å². The van der Waals surface area contributed by atoms with Crippen LogP contribution in [0.15, 0.2) is 59.6 Å². The van der Waals surface area contributed by atoms with Gasteiger partial charge in [-0.05, 0) is 66.8 Å². The molecule has 1 aliphatic heterocycles. The van der Waals surface area contributed by atoms with Gasteiger partial charge in [-0.25, -0.2) is 4.90 Å². The molecule has 3 aromatic rings. The average Bonchev–Trinajstić information content (AvgIpc) is 3.31. The van der Waals surface area contributed by atoms with Crippen molar-refractivity contribution in [3.05, 3.63) is 80.6 Å². The second-order valence-corrected chi connectivity index (χ2v) is 8.32. The van der Waals surface area contributed by atoms with Crippen LogP contribution in [0.3, 0.4) is 0 Å². The highest BCUT2D eigenvalue weighted by Gasteiger charge is 2.42. The Balaban J connectivity index is 1.84. The van der Waals surface area contributed by atoms with E-state index in [1.54, 1.807) is 30.3 Å². The highest BCUT2D eigenvalue weighted by Crippen LogP contribution is 2.39. The quantitative estimate of drug-likeness (QED) is 0.540. The zero-order chi connectivity index (χ0) is 21.4. The van der Waals surface area contributed by atoms with Gasteiger partial charge in [0.15, 0.2) is 0 Å². The third kappa shape index (κ3) is 3.49. The number of hydrogen-bond acceptors (Lipinski definition) is 5. The number of amides is 2. The summed E-state index contributed by atoms with van der Waals surface area (Å²) in [5.41, 5.74) is 3.49. The van der Waals surface area contributed by atoms with Crippen molar-refractivity contribution in [2.75, 3.05) is 17.3 Å². The fraction of sp³-hybridized carbons (Fsp3) is 0.130. The molecule has 1 aliphatic rings. The van der Waals surface area contributed by atoms with Crippen LogP contribution in [0.25, 0.3) is 5.57 Å². The molecule has 2 amide bonds. The van der Waals surface area contributed by atoms with Crippen LogP contribution >= 0.6 is 22.9 Å². The van der Waals surface area contributed by atoms with Gasteiger partial charge in [-0.1, -0.05) is 23.7 Å². The van der Waals surface area contributed by atoms with E-state index in [0.717, 1.165) is 16.0 Å². The maximum absolute atomic E-state index is 13.5. The van der Waals surface area contributed by atoms with Crippen molar-refractivity contribution >= 4 is 51.7 Å². The zero-order valence-corrected chi connectivity index (χ0v) is 18.2. The first-order valence-corrected chi connectivity index (χ1v) is 10.5. The predicted molar refractivity (Wildman–Crippen MR) is 121 cm³/mol. The van der Waals surface area contributed by atoms with Crippen molar-refractivity contribution in [2.24, 2.45) is 0 Å². The number of nitrogens with zero attached hydrogens (tertiary/aromatic N) is 1. The standard InChI is InChI=1S/C23H19ClN2O3S/c1-13-6-9-18(29-3)17(11-13)26-22(27)20(19-5-4-10-30-19)21(23(26)28)25-16-8-7-15(24)12-14(16)2/h4-12,25H,1-3H3. The molecule has 0 atom stereocenters. The summed E-state index contributed by atoms with van der Waals surface area (Å²) >= 11 is 7.47. The number of rotatable bonds is 5. The minimum absolute atomic E-state index is 0.233. The van der Waals surface area contributed by atoms with E-state index < -0.39 is 5.91 Å². The molecule has 0 spiro atoms.